The van der Waals surface area contributed by atoms with Crippen LogP contribution < -0.4 is 0 Å². The predicted molar refractivity (Wildman–Crippen MR) is 164 cm³/mol. The molecule has 268 valence electrons. The molecule has 13 nitrogen and oxygen atoms in total. The summed E-state index contributed by atoms with van der Waals surface area (Å²) in [4.78, 5) is 53.0. The second-order valence-electron chi connectivity index (χ2n) is 16.6. The first kappa shape index (κ1) is 34.1. The number of carbonyl (C=O) groups is 4. The smallest absolute Gasteiger partial charge is 0.303 e. The molecule has 3 aliphatic heterocycles. The lowest BCUT2D eigenvalue weighted by atomic mass is 9.49. The minimum atomic E-state index is -1.98. The molecule has 48 heavy (non-hydrogen) atoms. The highest BCUT2D eigenvalue weighted by atomic mass is 16.7. The van der Waals surface area contributed by atoms with Gasteiger partial charge in [-0.2, -0.15) is 0 Å². The van der Waals surface area contributed by atoms with Gasteiger partial charge < -0.3 is 39.0 Å². The van der Waals surface area contributed by atoms with Crippen molar-refractivity contribution in [3.8, 4) is 0 Å². The number of hydrogen-bond donors (Lipinski definition) is 3. The zero-order chi connectivity index (χ0) is 34.9. The molecule has 3 N–H and O–H groups in total. The summed E-state index contributed by atoms with van der Waals surface area (Å²) in [5.74, 6) is -7.62. The van der Waals surface area contributed by atoms with E-state index in [4.69, 9.17) is 23.7 Å². The van der Waals surface area contributed by atoms with E-state index in [0.717, 1.165) is 19.4 Å². The van der Waals surface area contributed by atoms with Crippen molar-refractivity contribution in [3.05, 3.63) is 0 Å². The first-order chi connectivity index (χ1) is 22.3. The van der Waals surface area contributed by atoms with Crippen LogP contribution in [0.25, 0.3) is 0 Å². The third-order valence-electron chi connectivity index (χ3n) is 13.9. The Bertz CT molecular complexity index is 1400. The Kier molecular flexibility index (Phi) is 7.71. The van der Waals surface area contributed by atoms with Gasteiger partial charge in [0.25, 0.3) is 0 Å². The third kappa shape index (κ3) is 4.39. The van der Waals surface area contributed by atoms with Gasteiger partial charge in [0, 0.05) is 64.1 Å². The van der Waals surface area contributed by atoms with Gasteiger partial charge in [0.05, 0.1) is 17.1 Å². The zero-order valence-electron chi connectivity index (χ0n) is 29.0. The van der Waals surface area contributed by atoms with Crippen molar-refractivity contribution in [2.24, 2.45) is 40.9 Å². The van der Waals surface area contributed by atoms with E-state index in [1.54, 1.807) is 6.92 Å². The molecule has 7 aliphatic rings. The van der Waals surface area contributed by atoms with E-state index < -0.39 is 106 Å². The Balaban J connectivity index is 1.45. The molecule has 4 aliphatic carbocycles. The molecule has 0 aromatic carbocycles. The summed E-state index contributed by atoms with van der Waals surface area (Å²) in [5, 5.41) is 38.6. The average molecular weight is 678 g/mol. The molecule has 0 amide bonds. The molecule has 0 unspecified atom stereocenters. The Hall–Kier alpha value is -2.32. The summed E-state index contributed by atoms with van der Waals surface area (Å²) < 4.78 is 30.7. The van der Waals surface area contributed by atoms with Gasteiger partial charge in [-0.25, -0.2) is 0 Å². The summed E-state index contributed by atoms with van der Waals surface area (Å²) in [6.07, 6.45) is -1.94. The molecule has 0 radical (unpaired) electrons. The Morgan fingerprint density at radius 2 is 1.48 bits per heavy atom. The van der Waals surface area contributed by atoms with Crippen LogP contribution in [0.5, 0.6) is 0 Å². The molecule has 13 heteroatoms. The molecule has 4 saturated carbocycles. The molecule has 1 spiro atoms. The van der Waals surface area contributed by atoms with Crippen LogP contribution in [-0.4, -0.2) is 110 Å². The van der Waals surface area contributed by atoms with Crippen LogP contribution in [0.2, 0.25) is 0 Å². The van der Waals surface area contributed by atoms with Crippen molar-refractivity contribution in [1.29, 1.82) is 0 Å². The summed E-state index contributed by atoms with van der Waals surface area (Å²) in [7, 11) is 0. The quantitative estimate of drug-likeness (QED) is 0.288. The maximum Gasteiger partial charge on any atom is 0.303 e. The average Bonchev–Trinajstić information content (AvgIpc) is 3.23. The normalized spacial score (nSPS) is 53.3. The van der Waals surface area contributed by atoms with Crippen LogP contribution in [0, 0.1) is 40.9 Å². The molecular weight excluding hydrogens is 626 g/mol. The van der Waals surface area contributed by atoms with Gasteiger partial charge in [-0.1, -0.05) is 13.8 Å². The van der Waals surface area contributed by atoms with Crippen LogP contribution >= 0.6 is 0 Å². The zero-order valence-corrected chi connectivity index (χ0v) is 29.0. The van der Waals surface area contributed by atoms with E-state index in [1.165, 1.54) is 27.7 Å². The van der Waals surface area contributed by atoms with Gasteiger partial charge >= 0.3 is 23.9 Å². The topological polar surface area (TPSA) is 178 Å². The van der Waals surface area contributed by atoms with E-state index >= 15 is 0 Å². The number of ether oxygens (including phenoxy) is 5. The maximum absolute atomic E-state index is 13.6. The van der Waals surface area contributed by atoms with Crippen LogP contribution in [0.15, 0.2) is 0 Å². The number of aliphatic hydroxyl groups is 3. The highest BCUT2D eigenvalue weighted by Crippen LogP contribution is 2.77. The molecular formula is C35H51NO12. The summed E-state index contributed by atoms with van der Waals surface area (Å²) in [5.41, 5.74) is -5.48. The van der Waals surface area contributed by atoms with Gasteiger partial charge in [-0.15, -0.1) is 0 Å². The molecule has 7 fully saturated rings. The fraction of sp³-hybridized carbons (Fsp3) is 0.886. The number of rotatable bonds is 4. The second kappa shape index (κ2) is 10.8. The lowest BCUT2D eigenvalue weighted by molar-refractivity contribution is -0.300. The lowest BCUT2D eigenvalue weighted by Crippen LogP contribution is -2.77. The number of carbonyl (C=O) groups excluding carboxylic acids is 4. The summed E-state index contributed by atoms with van der Waals surface area (Å²) in [6, 6.07) is -0.248. The number of nitrogens with zero attached hydrogens (tertiary/aromatic N) is 1. The Morgan fingerprint density at radius 1 is 0.833 bits per heavy atom. The minimum Gasteiger partial charge on any atom is -0.462 e. The van der Waals surface area contributed by atoms with Crippen LogP contribution in [0.4, 0.5) is 0 Å². The molecule has 0 aromatic rings. The van der Waals surface area contributed by atoms with Gasteiger partial charge in [0.1, 0.15) is 17.8 Å². The number of piperidine rings is 2. The SMILES string of the molecule is CC(=O)O[C@H]1[C@H]2[C@H](CN3C[C@H](C)CC[C@H]3[C@@]2(C)O)[C@@H]2C[C@]34O[C@]5(O)[C@@H](OC(C)=O)CC[C@]3(C)[C@@H]5C[C@@H](OC(C)=O)[C@H]4[C@]2(O)[C@H]1OC(C)=O. The van der Waals surface area contributed by atoms with Crippen molar-refractivity contribution in [1.82, 2.24) is 4.90 Å². The van der Waals surface area contributed by atoms with Gasteiger partial charge in [-0.05, 0) is 63.2 Å². The monoisotopic (exact) mass is 677 g/mol. The fourth-order valence-electron chi connectivity index (χ4n) is 12.6. The van der Waals surface area contributed by atoms with E-state index in [-0.39, 0.29) is 18.9 Å². The van der Waals surface area contributed by atoms with Crippen LogP contribution in [0.1, 0.15) is 87.0 Å². The van der Waals surface area contributed by atoms with Crippen molar-refractivity contribution in [2.75, 3.05) is 13.1 Å². The Labute approximate surface area is 280 Å². The highest BCUT2D eigenvalue weighted by molar-refractivity contribution is 5.68. The van der Waals surface area contributed by atoms with E-state index in [9.17, 15) is 34.5 Å². The van der Waals surface area contributed by atoms with Crippen LogP contribution in [0.3, 0.4) is 0 Å². The minimum absolute atomic E-state index is 0.0916. The van der Waals surface area contributed by atoms with Crippen LogP contribution in [-0.2, 0) is 42.9 Å². The van der Waals surface area contributed by atoms with E-state index in [1.807, 2.05) is 6.92 Å². The lowest BCUT2D eigenvalue weighted by Gasteiger charge is -2.64. The van der Waals surface area contributed by atoms with E-state index in [0.29, 0.717) is 25.3 Å². The van der Waals surface area contributed by atoms with Gasteiger partial charge in [0.2, 0.25) is 5.79 Å². The van der Waals surface area contributed by atoms with Gasteiger partial charge in [-0.3, -0.25) is 24.1 Å². The number of hydrogen-bond acceptors (Lipinski definition) is 13. The highest BCUT2D eigenvalue weighted by Gasteiger charge is 2.88. The number of esters is 4. The largest absolute Gasteiger partial charge is 0.462 e. The van der Waals surface area contributed by atoms with Crippen molar-refractivity contribution in [2.45, 2.75) is 140 Å². The first-order valence-electron chi connectivity index (χ1n) is 17.6. The third-order valence-corrected chi connectivity index (χ3v) is 13.9. The summed E-state index contributed by atoms with van der Waals surface area (Å²) in [6.45, 7) is 12.2. The van der Waals surface area contributed by atoms with Crippen molar-refractivity contribution < 1.29 is 58.2 Å². The Morgan fingerprint density at radius 3 is 2.10 bits per heavy atom. The van der Waals surface area contributed by atoms with E-state index in [2.05, 4.69) is 11.8 Å². The first-order valence-corrected chi connectivity index (χ1v) is 17.6. The molecule has 0 aromatic heterocycles. The van der Waals surface area contributed by atoms with Crippen molar-refractivity contribution in [3.63, 3.8) is 0 Å². The molecule has 3 saturated heterocycles. The standard InChI is InChI=1S/C35H51NO12/c1-16-8-9-25-32(7,41)27-21(15-36(25)14-16)22-13-33-29(34(22,42)30(47-20(5)40)28(27)46-19(4)39)23(44-17(2)37)12-24-31(33,6)11-10-26(45-18(3)38)35(24,43)48-33/h16,21-30,41-43H,8-15H2,1-7H3/t16-,21-,22+,23-,24+,25+,26+,27-,28+,29-,30+,31-,32-,33-,34+,35+/m1/s1. The summed E-state index contributed by atoms with van der Waals surface area (Å²) >= 11 is 0. The molecule has 3 heterocycles. The number of fused-ring (bicyclic) bond motifs is 5. The molecule has 7 rings (SSSR count). The molecule has 16 atom stereocenters. The molecule has 4 bridgehead atoms. The van der Waals surface area contributed by atoms with Crippen molar-refractivity contribution >= 4 is 23.9 Å². The predicted octanol–water partition coefficient (Wildman–Crippen LogP) is 1.47. The fourth-order valence-corrected chi connectivity index (χ4v) is 12.6. The maximum atomic E-state index is 13.6. The van der Waals surface area contributed by atoms with Gasteiger partial charge in [0.15, 0.2) is 12.2 Å². The second-order valence-corrected chi connectivity index (χ2v) is 16.6.